The molecular formula is C17H18Cl2N2O4S. The Morgan fingerprint density at radius 3 is 2.35 bits per heavy atom. The van der Waals surface area contributed by atoms with Crippen LogP contribution in [0.3, 0.4) is 0 Å². The molecule has 0 fully saturated rings. The Bertz CT molecular complexity index is 876. The quantitative estimate of drug-likeness (QED) is 0.698. The maximum atomic E-state index is 12.0. The van der Waals surface area contributed by atoms with E-state index in [1.54, 1.807) is 19.2 Å². The Kier molecular flexibility index (Phi) is 7.00. The highest BCUT2D eigenvalue weighted by Gasteiger charge is 2.21. The van der Waals surface area contributed by atoms with Crippen LogP contribution in [0.4, 0.5) is 0 Å². The fourth-order valence-electron chi connectivity index (χ4n) is 2.29. The number of halogens is 2. The minimum absolute atomic E-state index is 0.0215. The van der Waals surface area contributed by atoms with Gasteiger partial charge in [0.25, 0.3) is 0 Å². The van der Waals surface area contributed by atoms with Crippen molar-refractivity contribution in [2.45, 2.75) is 24.7 Å². The minimum atomic E-state index is -3.76. The number of esters is 1. The number of carbonyl (C=O) groups excluding carboxylic acids is 1. The fourth-order valence-corrected chi connectivity index (χ4v) is 4.22. The summed E-state index contributed by atoms with van der Waals surface area (Å²) in [7, 11) is -2.47. The predicted octanol–water partition coefficient (Wildman–Crippen LogP) is 3.46. The van der Waals surface area contributed by atoms with Crippen LogP contribution in [0.1, 0.15) is 19.0 Å². The van der Waals surface area contributed by atoms with Crippen molar-refractivity contribution < 1.29 is 17.9 Å². The average molecular weight is 417 g/mol. The largest absolute Gasteiger partial charge is 0.466 e. The lowest BCUT2D eigenvalue weighted by atomic mass is 10.1. The summed E-state index contributed by atoms with van der Waals surface area (Å²) in [6.07, 6.45) is 2.35. The Morgan fingerprint density at radius 2 is 1.85 bits per heavy atom. The first kappa shape index (κ1) is 20.6. The zero-order valence-electron chi connectivity index (χ0n) is 14.3. The van der Waals surface area contributed by atoms with E-state index in [9.17, 15) is 13.2 Å². The highest BCUT2D eigenvalue weighted by Crippen LogP contribution is 2.34. The van der Waals surface area contributed by atoms with Gasteiger partial charge in [0.15, 0.2) is 0 Å². The van der Waals surface area contributed by atoms with E-state index >= 15 is 0 Å². The molecule has 26 heavy (non-hydrogen) atoms. The van der Waals surface area contributed by atoms with Gasteiger partial charge in [0.2, 0.25) is 10.0 Å². The van der Waals surface area contributed by atoms with E-state index in [4.69, 9.17) is 27.9 Å². The first-order chi connectivity index (χ1) is 12.3. The molecule has 2 rings (SSSR count). The average Bonchev–Trinajstić information content (AvgIpc) is 2.60. The van der Waals surface area contributed by atoms with E-state index in [0.717, 1.165) is 11.3 Å². The summed E-state index contributed by atoms with van der Waals surface area (Å²) in [6, 6.07) is 6.64. The number of aryl methyl sites for hydroxylation is 1. The molecular weight excluding hydrogens is 399 g/mol. The van der Waals surface area contributed by atoms with Crippen molar-refractivity contribution in [3.8, 4) is 11.1 Å². The van der Waals surface area contributed by atoms with Crippen LogP contribution in [0, 0.1) is 0 Å². The number of sulfonamides is 1. The lowest BCUT2D eigenvalue weighted by Gasteiger charge is -2.10. The number of nitrogens with zero attached hydrogens (tertiary/aromatic N) is 1. The van der Waals surface area contributed by atoms with Crippen LogP contribution in [0.5, 0.6) is 0 Å². The Labute approximate surface area is 162 Å². The van der Waals surface area contributed by atoms with E-state index in [-0.39, 0.29) is 27.3 Å². The number of pyridine rings is 1. The summed E-state index contributed by atoms with van der Waals surface area (Å²) in [5, 5.41) is 0.0430. The summed E-state index contributed by atoms with van der Waals surface area (Å²) in [4.78, 5) is 15.5. The van der Waals surface area contributed by atoms with Gasteiger partial charge in [-0.05, 0) is 37.7 Å². The van der Waals surface area contributed by atoms with Crippen LogP contribution in [-0.4, -0.2) is 33.0 Å². The van der Waals surface area contributed by atoms with Gasteiger partial charge in [0.1, 0.15) is 4.90 Å². The lowest BCUT2D eigenvalue weighted by Crippen LogP contribution is -2.19. The van der Waals surface area contributed by atoms with Crippen molar-refractivity contribution in [2.75, 3.05) is 13.7 Å². The van der Waals surface area contributed by atoms with Crippen molar-refractivity contribution in [2.24, 2.45) is 0 Å². The topological polar surface area (TPSA) is 85.4 Å². The van der Waals surface area contributed by atoms with Gasteiger partial charge in [-0.1, -0.05) is 29.3 Å². The van der Waals surface area contributed by atoms with E-state index in [1.807, 2.05) is 6.07 Å². The molecule has 0 unspecified atom stereocenters. The Balaban J connectivity index is 2.23. The van der Waals surface area contributed by atoms with Gasteiger partial charge in [-0.15, -0.1) is 0 Å². The van der Waals surface area contributed by atoms with E-state index in [0.29, 0.717) is 18.6 Å². The van der Waals surface area contributed by atoms with Gasteiger partial charge in [-0.25, -0.2) is 13.1 Å². The van der Waals surface area contributed by atoms with Crippen molar-refractivity contribution >= 4 is 39.2 Å². The summed E-state index contributed by atoms with van der Waals surface area (Å²) in [5.41, 5.74) is 2.11. The van der Waals surface area contributed by atoms with E-state index < -0.39 is 10.0 Å². The third-order valence-corrected chi connectivity index (χ3v) is 5.92. The number of hydrogen-bond donors (Lipinski definition) is 1. The van der Waals surface area contributed by atoms with Crippen LogP contribution in [0.15, 0.2) is 35.4 Å². The zero-order chi connectivity index (χ0) is 19.3. The monoisotopic (exact) mass is 416 g/mol. The SMILES string of the molecule is CCOC(=O)CCc1ccc(-c2cc(Cl)c(S(=O)(=O)NC)c(Cl)c2)cn1. The number of hydrogen-bond acceptors (Lipinski definition) is 5. The summed E-state index contributed by atoms with van der Waals surface area (Å²) >= 11 is 12.2. The molecule has 1 N–H and O–H groups in total. The molecule has 0 aliphatic carbocycles. The number of rotatable bonds is 7. The molecule has 1 aromatic carbocycles. The fraction of sp³-hybridized carbons (Fsp3) is 0.294. The molecule has 0 bridgehead atoms. The highest BCUT2D eigenvalue weighted by atomic mass is 35.5. The zero-order valence-corrected chi connectivity index (χ0v) is 16.6. The van der Waals surface area contributed by atoms with Crippen molar-refractivity contribution in [3.05, 3.63) is 46.2 Å². The first-order valence-corrected chi connectivity index (χ1v) is 10.1. The van der Waals surface area contributed by atoms with Crippen LogP contribution in [0.2, 0.25) is 10.0 Å². The first-order valence-electron chi connectivity index (χ1n) is 7.82. The molecule has 0 spiro atoms. The second-order valence-corrected chi connectivity index (χ2v) is 7.96. The van der Waals surface area contributed by atoms with Gasteiger partial charge in [-0.2, -0.15) is 0 Å². The van der Waals surface area contributed by atoms with Crippen LogP contribution < -0.4 is 4.72 Å². The molecule has 6 nitrogen and oxygen atoms in total. The summed E-state index contributed by atoms with van der Waals surface area (Å²) < 4.78 is 31.0. The van der Waals surface area contributed by atoms with E-state index in [2.05, 4.69) is 9.71 Å². The molecule has 0 atom stereocenters. The number of benzene rings is 1. The molecule has 0 saturated carbocycles. The number of ether oxygens (including phenoxy) is 1. The number of aromatic nitrogens is 1. The van der Waals surface area contributed by atoms with Crippen LogP contribution >= 0.6 is 23.2 Å². The molecule has 0 radical (unpaired) electrons. The van der Waals surface area contributed by atoms with Gasteiger partial charge < -0.3 is 4.74 Å². The molecule has 0 amide bonds. The molecule has 140 valence electrons. The third kappa shape index (κ3) is 4.94. The van der Waals surface area contributed by atoms with Crippen LogP contribution in [0.25, 0.3) is 11.1 Å². The normalized spacial score (nSPS) is 11.4. The Hall–Kier alpha value is -1.67. The number of carbonyl (C=O) groups is 1. The van der Waals surface area contributed by atoms with Gasteiger partial charge in [-0.3, -0.25) is 9.78 Å². The predicted molar refractivity (Wildman–Crippen MR) is 101 cm³/mol. The lowest BCUT2D eigenvalue weighted by molar-refractivity contribution is -0.143. The van der Waals surface area contributed by atoms with Crippen molar-refractivity contribution in [1.82, 2.24) is 9.71 Å². The smallest absolute Gasteiger partial charge is 0.306 e. The summed E-state index contributed by atoms with van der Waals surface area (Å²) in [5.74, 6) is -0.265. The molecule has 1 aromatic heterocycles. The van der Waals surface area contributed by atoms with Crippen molar-refractivity contribution in [1.29, 1.82) is 0 Å². The number of nitrogens with one attached hydrogen (secondary N) is 1. The molecule has 0 aliphatic heterocycles. The second kappa shape index (κ2) is 8.81. The molecule has 0 saturated heterocycles. The second-order valence-electron chi connectivity index (χ2n) is 5.32. The maximum absolute atomic E-state index is 12.0. The molecule has 0 aliphatic rings. The molecule has 1 heterocycles. The third-order valence-electron chi connectivity index (χ3n) is 3.58. The van der Waals surface area contributed by atoms with Crippen molar-refractivity contribution in [3.63, 3.8) is 0 Å². The van der Waals surface area contributed by atoms with Gasteiger partial charge >= 0.3 is 5.97 Å². The highest BCUT2D eigenvalue weighted by molar-refractivity contribution is 7.89. The summed E-state index contributed by atoms with van der Waals surface area (Å²) in [6.45, 7) is 2.11. The van der Waals surface area contributed by atoms with Crippen LogP contribution in [-0.2, 0) is 26.0 Å². The molecule has 9 heteroatoms. The Morgan fingerprint density at radius 1 is 1.19 bits per heavy atom. The minimum Gasteiger partial charge on any atom is -0.466 e. The van der Waals surface area contributed by atoms with Gasteiger partial charge in [0.05, 0.1) is 23.1 Å². The standard InChI is InChI=1S/C17H18Cl2N2O4S/c1-3-25-16(22)7-6-13-5-4-11(10-21-13)12-8-14(18)17(15(19)9-12)26(23,24)20-2/h4-5,8-10,20H,3,6-7H2,1-2H3. The molecule has 2 aromatic rings. The van der Waals surface area contributed by atoms with Gasteiger partial charge in [0, 0.05) is 23.9 Å². The van der Waals surface area contributed by atoms with E-state index in [1.165, 1.54) is 19.2 Å². The maximum Gasteiger partial charge on any atom is 0.306 e.